The number of hydrogen-bond acceptors (Lipinski definition) is 4. The van der Waals surface area contributed by atoms with Gasteiger partial charge in [-0.3, -0.25) is 9.59 Å². The number of furan rings is 1. The largest absolute Gasteiger partial charge is 0.506 e. The number of aryl methyl sites for hydroxylation is 1. The molecular weight excluding hydrogens is 320 g/mol. The summed E-state index contributed by atoms with van der Waals surface area (Å²) in [5.41, 5.74) is 1.04. The first kappa shape index (κ1) is 15.5. The molecule has 0 spiro atoms. The molecule has 0 radical (unpaired) electrons. The number of para-hydroxylation sites is 1. The lowest BCUT2D eigenvalue weighted by atomic mass is 10.1. The Morgan fingerprint density at radius 1 is 1.36 bits per heavy atom. The highest BCUT2D eigenvalue weighted by Crippen LogP contribution is 2.35. The summed E-state index contributed by atoms with van der Waals surface area (Å²) in [5, 5.41) is 13.7. The van der Waals surface area contributed by atoms with E-state index in [-0.39, 0.29) is 23.9 Å². The fourth-order valence-electron chi connectivity index (χ4n) is 3.56. The van der Waals surface area contributed by atoms with Gasteiger partial charge in [0, 0.05) is 11.4 Å². The zero-order valence-corrected chi connectivity index (χ0v) is 14.0. The summed E-state index contributed by atoms with van der Waals surface area (Å²) < 4.78 is 7.02. The molecule has 0 aliphatic carbocycles. The molecule has 3 heterocycles. The quantitative estimate of drug-likeness (QED) is 0.769. The third-order valence-corrected chi connectivity index (χ3v) is 4.69. The van der Waals surface area contributed by atoms with E-state index in [0.29, 0.717) is 17.6 Å². The summed E-state index contributed by atoms with van der Waals surface area (Å²) in [4.78, 5) is 25.4. The lowest BCUT2D eigenvalue weighted by molar-refractivity contribution is 0.0943. The number of nitrogens with one attached hydrogen (secondary N) is 1. The summed E-state index contributed by atoms with van der Waals surface area (Å²) in [6, 6.07) is 9.02. The van der Waals surface area contributed by atoms with Crippen molar-refractivity contribution in [2.45, 2.75) is 32.9 Å². The highest BCUT2D eigenvalue weighted by atomic mass is 16.3. The smallest absolute Gasteiger partial charge is 0.267 e. The highest BCUT2D eigenvalue weighted by molar-refractivity contribution is 6.03. The predicted octanol–water partition coefficient (Wildman–Crippen LogP) is 2.66. The number of hydrogen-bond donors (Lipinski definition) is 2. The van der Waals surface area contributed by atoms with Crippen LogP contribution in [0.3, 0.4) is 0 Å². The molecule has 1 amide bonds. The molecule has 1 aliphatic rings. The van der Waals surface area contributed by atoms with Gasteiger partial charge in [-0.05, 0) is 44.0 Å². The van der Waals surface area contributed by atoms with Gasteiger partial charge in [-0.2, -0.15) is 0 Å². The van der Waals surface area contributed by atoms with Crippen LogP contribution in [0.5, 0.6) is 5.75 Å². The first-order chi connectivity index (χ1) is 12.0. The monoisotopic (exact) mass is 338 g/mol. The molecule has 0 saturated carbocycles. The maximum Gasteiger partial charge on any atom is 0.267 e. The van der Waals surface area contributed by atoms with Gasteiger partial charge in [-0.25, -0.2) is 0 Å². The second-order valence-electron chi connectivity index (χ2n) is 6.46. The van der Waals surface area contributed by atoms with Crippen molar-refractivity contribution >= 4 is 16.8 Å². The van der Waals surface area contributed by atoms with Crippen LogP contribution in [0.1, 0.15) is 40.4 Å². The molecule has 6 nitrogen and oxygen atoms in total. The van der Waals surface area contributed by atoms with Crippen LogP contribution in [-0.4, -0.2) is 15.6 Å². The highest BCUT2D eigenvalue weighted by Gasteiger charge is 2.29. The van der Waals surface area contributed by atoms with Gasteiger partial charge in [-0.15, -0.1) is 0 Å². The van der Waals surface area contributed by atoms with E-state index >= 15 is 0 Å². The van der Waals surface area contributed by atoms with Crippen molar-refractivity contribution < 1.29 is 14.3 Å². The van der Waals surface area contributed by atoms with Gasteiger partial charge in [0.25, 0.3) is 11.5 Å². The maximum absolute atomic E-state index is 12.9. The minimum absolute atomic E-state index is 0.0488. The molecular formula is C19H18N2O4. The minimum Gasteiger partial charge on any atom is -0.506 e. The van der Waals surface area contributed by atoms with E-state index in [4.69, 9.17) is 4.42 Å². The van der Waals surface area contributed by atoms with Crippen molar-refractivity contribution in [2.75, 3.05) is 0 Å². The number of amides is 1. The molecule has 1 atom stereocenters. The van der Waals surface area contributed by atoms with E-state index in [0.717, 1.165) is 16.8 Å². The van der Waals surface area contributed by atoms with Crippen LogP contribution >= 0.6 is 0 Å². The van der Waals surface area contributed by atoms with Crippen LogP contribution in [0.25, 0.3) is 10.9 Å². The summed E-state index contributed by atoms with van der Waals surface area (Å²) in [5.74, 6) is 0.464. The molecule has 1 aliphatic heterocycles. The first-order valence-corrected chi connectivity index (χ1v) is 8.20. The Morgan fingerprint density at radius 3 is 2.88 bits per heavy atom. The van der Waals surface area contributed by atoms with Crippen molar-refractivity contribution in [1.29, 1.82) is 0 Å². The first-order valence-electron chi connectivity index (χ1n) is 8.20. The molecule has 128 valence electrons. The maximum atomic E-state index is 12.9. The lowest BCUT2D eigenvalue weighted by Gasteiger charge is -2.13. The average molecular weight is 338 g/mol. The third-order valence-electron chi connectivity index (χ3n) is 4.69. The number of aromatic hydroxyl groups is 1. The van der Waals surface area contributed by atoms with Crippen molar-refractivity contribution in [1.82, 2.24) is 9.88 Å². The fourth-order valence-corrected chi connectivity index (χ4v) is 3.56. The number of pyridine rings is 1. The Bertz CT molecular complexity index is 1060. The second kappa shape index (κ2) is 5.51. The molecule has 6 heteroatoms. The van der Waals surface area contributed by atoms with E-state index in [1.165, 1.54) is 0 Å². The Hall–Kier alpha value is -3.02. The van der Waals surface area contributed by atoms with Crippen LogP contribution in [0.15, 0.2) is 39.5 Å². The van der Waals surface area contributed by atoms with Gasteiger partial charge in [-0.1, -0.05) is 12.1 Å². The second-order valence-corrected chi connectivity index (χ2v) is 6.46. The normalized spacial score (nSPS) is 15.7. The standard InChI is InChI=1S/C19H18N2O4/c1-10-8-12-4-3-5-14-16(12)21(10)19(24)15(17(14)22)18(23)20-9-13-7-6-11(2)25-13/h3-7,10,22H,8-9H2,1-2H3,(H,20,23). The van der Waals surface area contributed by atoms with Crippen LogP contribution < -0.4 is 10.9 Å². The molecule has 2 N–H and O–H groups in total. The van der Waals surface area contributed by atoms with Gasteiger partial charge in [0.15, 0.2) is 0 Å². The van der Waals surface area contributed by atoms with Gasteiger partial charge in [0.2, 0.25) is 0 Å². The van der Waals surface area contributed by atoms with E-state index in [1.807, 2.05) is 26.0 Å². The number of rotatable bonds is 3. The van der Waals surface area contributed by atoms with Gasteiger partial charge >= 0.3 is 0 Å². The molecule has 1 unspecified atom stereocenters. The summed E-state index contributed by atoms with van der Waals surface area (Å²) >= 11 is 0. The fraction of sp³-hybridized carbons (Fsp3) is 0.263. The molecule has 25 heavy (non-hydrogen) atoms. The van der Waals surface area contributed by atoms with E-state index in [9.17, 15) is 14.7 Å². The van der Waals surface area contributed by atoms with E-state index in [1.54, 1.807) is 22.8 Å². The van der Waals surface area contributed by atoms with Crippen LogP contribution in [0, 0.1) is 6.92 Å². The molecule has 2 aromatic heterocycles. The molecule has 1 aromatic carbocycles. The van der Waals surface area contributed by atoms with Gasteiger partial charge in [0.05, 0.1) is 12.1 Å². The number of aromatic nitrogens is 1. The Morgan fingerprint density at radius 2 is 2.16 bits per heavy atom. The van der Waals surface area contributed by atoms with E-state index < -0.39 is 11.5 Å². The predicted molar refractivity (Wildman–Crippen MR) is 92.9 cm³/mol. The van der Waals surface area contributed by atoms with Gasteiger partial charge < -0.3 is 19.4 Å². The minimum atomic E-state index is -0.605. The zero-order valence-electron chi connectivity index (χ0n) is 14.0. The Labute approximate surface area is 143 Å². The lowest BCUT2D eigenvalue weighted by Crippen LogP contribution is -2.33. The SMILES string of the molecule is Cc1ccc(CNC(=O)c2c(O)c3cccc4c3n(c2=O)C(C)C4)o1. The van der Waals surface area contributed by atoms with Gasteiger partial charge in [0.1, 0.15) is 22.8 Å². The van der Waals surface area contributed by atoms with Crippen LogP contribution in [-0.2, 0) is 13.0 Å². The van der Waals surface area contributed by atoms with Crippen molar-refractivity contribution in [3.63, 3.8) is 0 Å². The van der Waals surface area contributed by atoms with Crippen LogP contribution in [0.2, 0.25) is 0 Å². The molecule has 0 fully saturated rings. The summed E-state index contributed by atoms with van der Waals surface area (Å²) in [6.45, 7) is 3.90. The van der Waals surface area contributed by atoms with Crippen molar-refractivity contribution in [3.8, 4) is 5.75 Å². The Kier molecular flexibility index (Phi) is 3.42. The average Bonchev–Trinajstić information content (AvgIpc) is 3.14. The molecule has 4 rings (SSSR count). The number of carbonyl (C=O) groups excluding carboxylic acids is 1. The Balaban J connectivity index is 1.78. The third kappa shape index (κ3) is 2.33. The van der Waals surface area contributed by atoms with Crippen molar-refractivity contribution in [3.05, 3.63) is 63.3 Å². The number of carbonyl (C=O) groups is 1. The number of nitrogens with zero attached hydrogens (tertiary/aromatic N) is 1. The summed E-state index contributed by atoms with van der Waals surface area (Å²) in [7, 11) is 0. The summed E-state index contributed by atoms with van der Waals surface area (Å²) in [6.07, 6.45) is 0.711. The zero-order chi connectivity index (χ0) is 17.7. The van der Waals surface area contributed by atoms with Crippen LogP contribution in [0.4, 0.5) is 0 Å². The van der Waals surface area contributed by atoms with Crippen molar-refractivity contribution in [2.24, 2.45) is 0 Å². The molecule has 3 aromatic rings. The molecule has 0 saturated heterocycles. The topological polar surface area (TPSA) is 84.5 Å². The molecule has 0 bridgehead atoms. The van der Waals surface area contributed by atoms with E-state index in [2.05, 4.69) is 5.32 Å². The number of benzene rings is 1.